The molecule has 0 radical (unpaired) electrons. The lowest BCUT2D eigenvalue weighted by molar-refractivity contribution is -0.131. The standard InChI is InChI=1S/C66H92N11O27P3S3/c1-10-21-90-66(89)101-47-22-54(74-26-36(3)58(81)67-62(74)85)98-51(47)33-94-106(109,92-31-44-16-13-19-72(44)41(8)79)103-49-24-56(76-28-38(5)60(83)69-64(76)87)100-53(49)35-96-107(110,93-32-45-17-14-20-73(45)42(9)80)104-50-25-57(77-29-39(6)61(84)70-65(77)88)99-52(50)34-95-105(108,91-30-43-15-12-18-71(43)40(7)78)102-48-23-55(97-46(48)11-2)75-27-37(4)59(82)68-63(75)86/h10,26-29,43-57H,1,11-25,30-35H2,2-9H3,(H,67,81,85)(H,68,82,86)(H,69,83,87)(H,70,84,88). The van der Waals surface area contributed by atoms with Gasteiger partial charge in [0.15, 0.2) is 0 Å². The second-order valence-corrected chi connectivity index (χ2v) is 36.8. The molecule has 4 aromatic rings. The van der Waals surface area contributed by atoms with Gasteiger partial charge in [0.05, 0.1) is 82.2 Å². The Morgan fingerprint density at radius 1 is 0.455 bits per heavy atom. The van der Waals surface area contributed by atoms with Gasteiger partial charge in [0, 0.05) is 113 Å². The molecule has 7 fully saturated rings. The number of rotatable bonds is 32. The average Bonchev–Trinajstić information content (AvgIpc) is 1.65. The third kappa shape index (κ3) is 20.4. The van der Waals surface area contributed by atoms with Crippen LogP contribution in [0.3, 0.4) is 0 Å². The van der Waals surface area contributed by atoms with Gasteiger partial charge < -0.3 is 83.8 Å². The first-order valence-electron chi connectivity index (χ1n) is 36.1. The Bertz CT molecular complexity index is 4740. The molecule has 0 bridgehead atoms. The van der Waals surface area contributed by atoms with Crippen molar-refractivity contribution in [2.24, 2.45) is 0 Å². The number of aryl methyl sites for hydroxylation is 4. The number of carbonyl (C=O) groups is 4. The summed E-state index contributed by atoms with van der Waals surface area (Å²) in [5.41, 5.74) is -5.18. The van der Waals surface area contributed by atoms with Gasteiger partial charge in [-0.1, -0.05) is 19.6 Å². The molecule has 110 heavy (non-hydrogen) atoms. The number of H-pyrrole nitrogens is 4. The number of likely N-dealkylation sites (tertiary alicyclic amines) is 3. The molecule has 606 valence electrons. The molecule has 0 aliphatic carbocycles. The number of hydrogen-bond acceptors (Lipinski definition) is 30. The minimum atomic E-state index is -4.39. The van der Waals surface area contributed by atoms with E-state index in [-0.39, 0.29) is 92.1 Å². The number of hydrogen-bond donors (Lipinski definition) is 4. The lowest BCUT2D eigenvalue weighted by Gasteiger charge is -2.33. The molecule has 11 heterocycles. The van der Waals surface area contributed by atoms with Crippen molar-refractivity contribution in [1.29, 1.82) is 0 Å². The smallest absolute Gasteiger partial charge is 0.430 e. The van der Waals surface area contributed by atoms with Gasteiger partial charge in [-0.15, -0.1) is 0 Å². The van der Waals surface area contributed by atoms with Crippen molar-refractivity contribution >= 4 is 79.5 Å². The molecular formula is C66H92N11O27P3S3. The summed E-state index contributed by atoms with van der Waals surface area (Å²) in [5, 5.41) is 0. The Morgan fingerprint density at radius 2 is 0.727 bits per heavy atom. The highest BCUT2D eigenvalue weighted by Crippen LogP contribution is 2.59. The van der Waals surface area contributed by atoms with E-state index in [4.69, 9.17) is 105 Å². The molecule has 3 amide bonds. The third-order valence-electron chi connectivity index (χ3n) is 20.1. The lowest BCUT2D eigenvalue weighted by atomic mass is 10.1. The van der Waals surface area contributed by atoms with Crippen molar-refractivity contribution < 1.29 is 88.3 Å². The zero-order valence-corrected chi connectivity index (χ0v) is 67.0. The van der Waals surface area contributed by atoms with Crippen LogP contribution in [-0.2, 0) is 119 Å². The Hall–Kier alpha value is -6.43. The molecule has 7 aliphatic rings. The number of aromatic nitrogens is 8. The second-order valence-electron chi connectivity index (χ2n) is 27.9. The zero-order chi connectivity index (χ0) is 79.3. The van der Waals surface area contributed by atoms with Crippen molar-refractivity contribution in [3.8, 4) is 0 Å². The largest absolute Gasteiger partial charge is 0.508 e. The Labute approximate surface area is 644 Å². The summed E-state index contributed by atoms with van der Waals surface area (Å²) in [6.45, 7) is 1.53. The number of nitrogens with zero attached hydrogens (tertiary/aromatic N) is 7. The molecule has 18 unspecified atom stereocenters. The summed E-state index contributed by atoms with van der Waals surface area (Å²) in [5.74, 6) is -0.694. The van der Waals surface area contributed by atoms with Crippen molar-refractivity contribution in [2.45, 2.75) is 218 Å². The third-order valence-corrected chi connectivity index (χ3v) is 27.2. The van der Waals surface area contributed by atoms with Crippen LogP contribution in [0.1, 0.15) is 145 Å². The fourth-order valence-corrected chi connectivity index (χ4v) is 20.7. The minimum Gasteiger partial charge on any atom is -0.430 e. The summed E-state index contributed by atoms with van der Waals surface area (Å²) < 4.78 is 102. The molecule has 0 spiro atoms. The maximum absolute atomic E-state index is 13.8. The molecule has 0 saturated carbocycles. The minimum absolute atomic E-state index is 0.0285. The van der Waals surface area contributed by atoms with Crippen molar-refractivity contribution in [1.82, 2.24) is 52.9 Å². The van der Waals surface area contributed by atoms with Crippen LogP contribution in [0.2, 0.25) is 0 Å². The van der Waals surface area contributed by atoms with E-state index in [9.17, 15) is 57.5 Å². The van der Waals surface area contributed by atoms with E-state index in [0.717, 1.165) is 13.7 Å². The van der Waals surface area contributed by atoms with Gasteiger partial charge in [0.1, 0.15) is 55.9 Å². The predicted octanol–water partition coefficient (Wildman–Crippen LogP) is 3.65. The molecule has 4 aromatic heterocycles. The normalized spacial score (nSPS) is 28.5. The van der Waals surface area contributed by atoms with Crippen molar-refractivity contribution in [3.63, 3.8) is 0 Å². The van der Waals surface area contributed by atoms with E-state index in [0.29, 0.717) is 64.6 Å². The van der Waals surface area contributed by atoms with Crippen LogP contribution in [0.4, 0.5) is 4.79 Å². The van der Waals surface area contributed by atoms with E-state index in [1.165, 1.54) is 83.9 Å². The molecule has 44 heteroatoms. The van der Waals surface area contributed by atoms with Crippen molar-refractivity contribution in [3.05, 3.63) is 143 Å². The SMILES string of the molecule is C=CCOC(=O)OC1CC(n2cc(C)c(=O)[nH]c2=O)OC1COP(=S)(OCC1CCCN1C(C)=O)OC1CC(n2cc(C)c(=O)[nH]c2=O)OC1COP(=S)(OCC1CCCN1C(C)=O)OC1CC(n2cc(C)c(=O)[nH]c2=O)OC1COP(=S)(OCC1CCCN1C(C)=O)OC1CC(n2cc(C)c(=O)[nH]c2=O)OC1CC. The van der Waals surface area contributed by atoms with Gasteiger partial charge >= 0.3 is 49.1 Å². The topological polar surface area (TPSA) is 436 Å². The molecular weight excluding hydrogens is 1570 g/mol. The number of aromatic amines is 4. The summed E-state index contributed by atoms with van der Waals surface area (Å²) in [7, 11) is 0. The maximum atomic E-state index is 13.8. The van der Waals surface area contributed by atoms with E-state index < -0.39 is 183 Å². The van der Waals surface area contributed by atoms with Crippen LogP contribution in [0.15, 0.2) is 75.8 Å². The monoisotopic (exact) mass is 1660 g/mol. The Morgan fingerprint density at radius 3 is 1.02 bits per heavy atom. The lowest BCUT2D eigenvalue weighted by Crippen LogP contribution is -2.37. The number of nitrogens with one attached hydrogen (secondary N) is 4. The number of carbonyl (C=O) groups excluding carboxylic acids is 4. The fraction of sp³-hybridized carbons (Fsp3) is 0.667. The molecule has 18 atom stereocenters. The summed E-state index contributed by atoms with van der Waals surface area (Å²) in [6, 6.07) is -1.51. The van der Waals surface area contributed by atoms with Gasteiger partial charge in [-0.2, -0.15) is 0 Å². The quantitative estimate of drug-likeness (QED) is 0.0308. The van der Waals surface area contributed by atoms with Crippen LogP contribution in [-0.4, -0.2) is 210 Å². The highest BCUT2D eigenvalue weighted by atomic mass is 32.5. The van der Waals surface area contributed by atoms with Crippen LogP contribution in [0.5, 0.6) is 0 Å². The van der Waals surface area contributed by atoms with Crippen LogP contribution >= 0.6 is 20.2 Å². The number of ether oxygens (including phenoxy) is 6. The Balaban J connectivity index is 0.929. The van der Waals surface area contributed by atoms with Gasteiger partial charge in [0.2, 0.25) is 17.7 Å². The fourth-order valence-electron chi connectivity index (χ4n) is 14.3. The molecule has 38 nitrogen and oxygen atoms in total. The highest BCUT2D eigenvalue weighted by molar-refractivity contribution is 8.08. The first-order valence-corrected chi connectivity index (χ1v) is 43.8. The average molecular weight is 1660 g/mol. The van der Waals surface area contributed by atoms with E-state index in [1.807, 2.05) is 6.92 Å². The molecule has 7 saturated heterocycles. The second kappa shape index (κ2) is 36.4. The van der Waals surface area contributed by atoms with Gasteiger partial charge in [-0.3, -0.25) is 71.8 Å². The highest BCUT2D eigenvalue weighted by Gasteiger charge is 2.50. The molecule has 4 N–H and O–H groups in total. The summed E-state index contributed by atoms with van der Waals surface area (Å²) in [4.78, 5) is 171. The van der Waals surface area contributed by atoms with E-state index in [1.54, 1.807) is 14.7 Å². The summed E-state index contributed by atoms with van der Waals surface area (Å²) in [6.07, 6.45) is -5.40. The first kappa shape index (κ1) is 84.5. The molecule has 7 aliphatic heterocycles. The van der Waals surface area contributed by atoms with E-state index >= 15 is 0 Å². The van der Waals surface area contributed by atoms with Crippen LogP contribution in [0.25, 0.3) is 0 Å². The summed E-state index contributed by atoms with van der Waals surface area (Å²) >= 11 is 19.1. The van der Waals surface area contributed by atoms with Gasteiger partial charge in [-0.25, -0.2) is 24.0 Å². The van der Waals surface area contributed by atoms with Gasteiger partial charge in [0.25, 0.3) is 22.2 Å². The van der Waals surface area contributed by atoms with Crippen molar-refractivity contribution in [2.75, 3.05) is 65.9 Å². The Kier molecular flexibility index (Phi) is 27.9. The van der Waals surface area contributed by atoms with Gasteiger partial charge in [-0.05, 0) is 108 Å². The predicted molar refractivity (Wildman–Crippen MR) is 399 cm³/mol. The number of amides is 3. The van der Waals surface area contributed by atoms with Crippen LogP contribution < -0.4 is 45.0 Å². The zero-order valence-electron chi connectivity index (χ0n) is 61.8. The van der Waals surface area contributed by atoms with Crippen LogP contribution in [0, 0.1) is 27.7 Å². The maximum Gasteiger partial charge on any atom is 0.508 e. The molecule has 11 rings (SSSR count). The first-order chi connectivity index (χ1) is 52.2. The molecule has 0 aromatic carbocycles. The van der Waals surface area contributed by atoms with E-state index in [2.05, 4.69) is 26.5 Å².